The van der Waals surface area contributed by atoms with Crippen molar-refractivity contribution in [3.05, 3.63) is 193 Å². The van der Waals surface area contributed by atoms with Crippen molar-refractivity contribution in [1.82, 2.24) is 0 Å². The molecule has 0 aliphatic heterocycles. The monoisotopic (exact) mass is 667 g/mol. The van der Waals surface area contributed by atoms with Crippen molar-refractivity contribution in [3.8, 4) is 22.3 Å². The van der Waals surface area contributed by atoms with Gasteiger partial charge in [-0.1, -0.05) is 146 Å². The molecule has 0 atom stereocenters. The van der Waals surface area contributed by atoms with E-state index in [1.807, 2.05) is 42.5 Å². The third kappa shape index (κ3) is 5.86. The number of hydrogen-bond donors (Lipinski definition) is 0. The summed E-state index contributed by atoms with van der Waals surface area (Å²) in [6.07, 6.45) is 0. The SMILES string of the molecule is C=N/C(=N\C(=N/Cc1ccccc1)c1ccc2ccccc2c1)c1c(-c2ccc(-c3ccc4ccccc4c3)cc2)ccc2oc3ccccc3c12. The number of para-hydroxylation sites is 1. The molecular weight excluding hydrogens is 635 g/mol. The van der Waals surface area contributed by atoms with Crippen molar-refractivity contribution < 1.29 is 4.42 Å². The summed E-state index contributed by atoms with van der Waals surface area (Å²) in [6, 6.07) is 60.9. The Kier molecular flexibility index (Phi) is 8.03. The van der Waals surface area contributed by atoms with Crippen LogP contribution in [0.5, 0.6) is 0 Å². The Morgan fingerprint density at radius 1 is 0.500 bits per heavy atom. The van der Waals surface area contributed by atoms with Gasteiger partial charge in [-0.15, -0.1) is 0 Å². The van der Waals surface area contributed by atoms with Gasteiger partial charge >= 0.3 is 0 Å². The van der Waals surface area contributed by atoms with E-state index in [4.69, 9.17) is 14.4 Å². The second kappa shape index (κ2) is 13.4. The van der Waals surface area contributed by atoms with Gasteiger partial charge in [0.15, 0.2) is 11.7 Å². The summed E-state index contributed by atoms with van der Waals surface area (Å²) >= 11 is 0. The number of benzene rings is 8. The van der Waals surface area contributed by atoms with Crippen molar-refractivity contribution >= 4 is 61.9 Å². The molecule has 1 aromatic heterocycles. The van der Waals surface area contributed by atoms with Crippen LogP contribution in [0.3, 0.4) is 0 Å². The van der Waals surface area contributed by atoms with E-state index in [1.54, 1.807) is 0 Å². The highest BCUT2D eigenvalue weighted by molar-refractivity contribution is 6.25. The molecule has 0 fully saturated rings. The third-order valence-corrected chi connectivity index (χ3v) is 9.67. The van der Waals surface area contributed by atoms with Crippen molar-refractivity contribution in [2.45, 2.75) is 6.54 Å². The predicted molar refractivity (Wildman–Crippen MR) is 219 cm³/mol. The highest BCUT2D eigenvalue weighted by Crippen LogP contribution is 2.38. The fourth-order valence-corrected chi connectivity index (χ4v) is 7.04. The number of hydrogen-bond acceptors (Lipinski definition) is 2. The van der Waals surface area contributed by atoms with Crippen LogP contribution in [0.25, 0.3) is 65.7 Å². The lowest BCUT2D eigenvalue weighted by Crippen LogP contribution is -2.07. The molecule has 4 nitrogen and oxygen atoms in total. The fourth-order valence-electron chi connectivity index (χ4n) is 7.04. The summed E-state index contributed by atoms with van der Waals surface area (Å²) in [5.41, 5.74) is 8.76. The molecule has 9 rings (SSSR count). The minimum absolute atomic E-state index is 0.471. The normalized spacial score (nSPS) is 12.2. The van der Waals surface area contributed by atoms with Crippen LogP contribution < -0.4 is 0 Å². The van der Waals surface area contributed by atoms with Gasteiger partial charge in [0.25, 0.3) is 0 Å². The maximum absolute atomic E-state index is 6.39. The van der Waals surface area contributed by atoms with Crippen molar-refractivity contribution in [3.63, 3.8) is 0 Å². The maximum atomic E-state index is 6.39. The van der Waals surface area contributed by atoms with Gasteiger partial charge in [-0.3, -0.25) is 4.99 Å². The van der Waals surface area contributed by atoms with E-state index in [-0.39, 0.29) is 0 Å². The van der Waals surface area contributed by atoms with Crippen LogP contribution in [-0.2, 0) is 6.54 Å². The van der Waals surface area contributed by atoms with E-state index in [9.17, 15) is 0 Å². The average molecular weight is 668 g/mol. The largest absolute Gasteiger partial charge is 0.456 e. The summed E-state index contributed by atoms with van der Waals surface area (Å²) in [5, 5.41) is 6.66. The lowest BCUT2D eigenvalue weighted by Gasteiger charge is -2.13. The number of amidine groups is 2. The second-order valence-corrected chi connectivity index (χ2v) is 12.9. The van der Waals surface area contributed by atoms with Gasteiger partial charge in [0, 0.05) is 21.9 Å². The molecule has 0 aliphatic rings. The van der Waals surface area contributed by atoms with Crippen LogP contribution in [0, 0.1) is 0 Å². The van der Waals surface area contributed by atoms with Crippen LogP contribution in [0.1, 0.15) is 16.7 Å². The molecule has 9 aromatic rings. The molecule has 0 N–H and O–H groups in total. The standard InChI is InChI=1S/C48H33N3O/c1-49-48(51-47(50-31-32-11-3-2-4-12-32)40-26-22-34-14-6-8-16-38(34)30-40)46-41(27-28-44-45(46)42-17-9-10-18-43(42)52-44)36-23-19-35(20-24-36)39-25-21-33-13-5-7-15-37(33)29-39/h2-30H,1,31H2/b50-47-,51-48-. The Labute approximate surface area is 301 Å². The van der Waals surface area contributed by atoms with Gasteiger partial charge in [0.2, 0.25) is 0 Å². The fraction of sp³-hybridized carbons (Fsp3) is 0.0208. The summed E-state index contributed by atoms with van der Waals surface area (Å²) in [6.45, 7) is 4.54. The Bertz CT molecular complexity index is 2830. The van der Waals surface area contributed by atoms with Crippen LogP contribution in [-0.4, -0.2) is 18.4 Å². The zero-order valence-electron chi connectivity index (χ0n) is 28.4. The average Bonchev–Trinajstić information content (AvgIpc) is 3.60. The molecule has 1 heterocycles. The first-order valence-corrected chi connectivity index (χ1v) is 17.4. The molecule has 0 radical (unpaired) electrons. The molecular formula is C48H33N3O. The first kappa shape index (κ1) is 31.1. The number of nitrogens with zero attached hydrogens (tertiary/aromatic N) is 3. The minimum atomic E-state index is 0.471. The van der Waals surface area contributed by atoms with E-state index < -0.39 is 0 Å². The highest BCUT2D eigenvalue weighted by atomic mass is 16.3. The quantitative estimate of drug-likeness (QED) is 0.129. The number of fused-ring (bicyclic) bond motifs is 5. The smallest absolute Gasteiger partial charge is 0.162 e. The van der Waals surface area contributed by atoms with Crippen LogP contribution >= 0.6 is 0 Å². The number of rotatable bonds is 6. The van der Waals surface area contributed by atoms with Crippen molar-refractivity contribution in [2.75, 3.05) is 0 Å². The molecule has 0 amide bonds. The Morgan fingerprint density at radius 3 is 1.90 bits per heavy atom. The van der Waals surface area contributed by atoms with E-state index >= 15 is 0 Å². The Morgan fingerprint density at radius 2 is 1.13 bits per heavy atom. The molecule has 8 aromatic carbocycles. The Balaban J connectivity index is 1.22. The van der Waals surface area contributed by atoms with Crippen LogP contribution in [0.4, 0.5) is 0 Å². The van der Waals surface area contributed by atoms with Gasteiger partial charge in [-0.2, -0.15) is 0 Å². The molecule has 0 saturated carbocycles. The molecule has 0 unspecified atom stereocenters. The molecule has 4 heteroatoms. The zero-order chi connectivity index (χ0) is 34.9. The van der Waals surface area contributed by atoms with E-state index in [0.29, 0.717) is 18.2 Å². The molecule has 0 saturated heterocycles. The molecule has 52 heavy (non-hydrogen) atoms. The predicted octanol–water partition coefficient (Wildman–Crippen LogP) is 12.3. The highest BCUT2D eigenvalue weighted by Gasteiger charge is 2.21. The summed E-state index contributed by atoms with van der Waals surface area (Å²) in [5.74, 6) is 1.06. The Hall–Kier alpha value is -6.91. The maximum Gasteiger partial charge on any atom is 0.162 e. The molecule has 0 spiro atoms. The van der Waals surface area contributed by atoms with E-state index in [0.717, 1.165) is 66.1 Å². The van der Waals surface area contributed by atoms with Gasteiger partial charge < -0.3 is 4.42 Å². The minimum Gasteiger partial charge on any atom is -0.456 e. The van der Waals surface area contributed by atoms with Gasteiger partial charge in [-0.25, -0.2) is 9.98 Å². The third-order valence-electron chi connectivity index (χ3n) is 9.67. The lowest BCUT2D eigenvalue weighted by atomic mass is 9.93. The topological polar surface area (TPSA) is 50.2 Å². The first-order valence-electron chi connectivity index (χ1n) is 17.4. The molecule has 246 valence electrons. The summed E-state index contributed by atoms with van der Waals surface area (Å²) in [7, 11) is 0. The molecule has 0 aliphatic carbocycles. The second-order valence-electron chi connectivity index (χ2n) is 12.9. The lowest BCUT2D eigenvalue weighted by molar-refractivity contribution is 0.669. The number of furan rings is 1. The number of aliphatic imine (C=N–C) groups is 3. The van der Waals surface area contributed by atoms with Crippen molar-refractivity contribution in [1.29, 1.82) is 0 Å². The van der Waals surface area contributed by atoms with Crippen LogP contribution in [0.2, 0.25) is 0 Å². The summed E-state index contributed by atoms with van der Waals surface area (Å²) < 4.78 is 6.39. The van der Waals surface area contributed by atoms with Gasteiger partial charge in [-0.05, 0) is 86.4 Å². The van der Waals surface area contributed by atoms with E-state index in [2.05, 4.69) is 145 Å². The van der Waals surface area contributed by atoms with Gasteiger partial charge in [0.05, 0.1) is 6.54 Å². The van der Waals surface area contributed by atoms with E-state index in [1.165, 1.54) is 16.3 Å². The van der Waals surface area contributed by atoms with Gasteiger partial charge in [0.1, 0.15) is 11.2 Å². The van der Waals surface area contributed by atoms with Crippen molar-refractivity contribution in [2.24, 2.45) is 15.0 Å². The summed E-state index contributed by atoms with van der Waals surface area (Å²) in [4.78, 5) is 15.0. The zero-order valence-corrected chi connectivity index (χ0v) is 28.4. The molecule has 0 bridgehead atoms. The first-order chi connectivity index (χ1) is 25.7. The van der Waals surface area contributed by atoms with Crippen LogP contribution in [0.15, 0.2) is 195 Å².